The Labute approximate surface area is 252 Å². The fourth-order valence-electron chi connectivity index (χ4n) is 5.40. The van der Waals surface area contributed by atoms with Crippen LogP contribution in [-0.2, 0) is 10.8 Å². The molecule has 0 atom stereocenters. The predicted octanol–water partition coefficient (Wildman–Crippen LogP) is 8.63. The lowest BCUT2D eigenvalue weighted by atomic mass is 9.75. The molecule has 226 valence electrons. The minimum Gasteiger partial charge on any atom is -0.502 e. The fraction of sp³-hybridized carbons (Fsp3) is 0.500. The Morgan fingerprint density at radius 3 is 1.93 bits per heavy atom. The molecule has 0 aromatic heterocycles. The van der Waals surface area contributed by atoms with Crippen LogP contribution in [0.4, 0.5) is 11.4 Å². The van der Waals surface area contributed by atoms with E-state index in [2.05, 4.69) is 54.5 Å². The molecule has 0 aliphatic carbocycles. The number of ether oxygens (including phenoxy) is 1. The van der Waals surface area contributed by atoms with E-state index in [1.807, 2.05) is 42.5 Å². The van der Waals surface area contributed by atoms with Crippen LogP contribution in [0.25, 0.3) is 0 Å². The van der Waals surface area contributed by atoms with Gasteiger partial charge in [-0.1, -0.05) is 98.8 Å². The smallest absolute Gasteiger partial charge is 0.235 e. The minimum absolute atomic E-state index is 0.0200. The summed E-state index contributed by atoms with van der Waals surface area (Å²) in [5, 5.41) is 35.1. The number of benzene rings is 3. The molecule has 0 bridgehead atoms. The molecule has 1 aliphatic heterocycles. The van der Waals surface area contributed by atoms with Gasteiger partial charge in [0.05, 0.1) is 6.61 Å². The SMILES string of the molecule is CCCCCCCCOc1ccc([N+]2(c3cc(C(C)(C)CC)cc(C(C)(C)CC)c3O)N=c3ccccc3=N2)c(O)c1. The predicted molar refractivity (Wildman–Crippen MR) is 172 cm³/mol. The summed E-state index contributed by atoms with van der Waals surface area (Å²) in [6.45, 7) is 15.9. The summed E-state index contributed by atoms with van der Waals surface area (Å²) in [6, 6.07) is 17.2. The third-order valence-electron chi connectivity index (χ3n) is 9.14. The van der Waals surface area contributed by atoms with Gasteiger partial charge in [0.2, 0.25) is 11.4 Å². The molecule has 42 heavy (non-hydrogen) atoms. The number of quaternary nitrogens is 1. The molecule has 0 saturated heterocycles. The molecule has 0 saturated carbocycles. The van der Waals surface area contributed by atoms with Gasteiger partial charge in [0, 0.05) is 23.8 Å². The molecule has 6 heteroatoms. The standard InChI is InChI=1S/C36H49N3O3/c1-8-11-12-13-14-17-22-42-27-20-21-31(33(40)25-27)39(37-29-18-15-16-19-30(29)38-39)32-24-26(35(4,5)9-2)23-28(34(32)41)36(6,7)10-3/h15-16,18-21,23-25H,8-14,17,22H2,1-7H3,(H-,40,41)/p+1. The molecular weight excluding hydrogens is 522 g/mol. The number of rotatable bonds is 14. The first-order valence-corrected chi connectivity index (χ1v) is 15.8. The van der Waals surface area contributed by atoms with Crippen molar-refractivity contribution < 1.29 is 14.9 Å². The molecule has 2 N–H and O–H groups in total. The Kier molecular flexibility index (Phi) is 9.67. The number of phenols is 2. The maximum absolute atomic E-state index is 12.0. The third-order valence-corrected chi connectivity index (χ3v) is 9.14. The fourth-order valence-corrected chi connectivity index (χ4v) is 5.40. The number of hydrogen-bond acceptors (Lipinski definition) is 5. The van der Waals surface area contributed by atoms with Crippen molar-refractivity contribution >= 4 is 11.4 Å². The zero-order chi connectivity index (χ0) is 30.5. The van der Waals surface area contributed by atoms with Gasteiger partial charge in [-0.3, -0.25) is 0 Å². The number of hydrogen-bond donors (Lipinski definition) is 2. The highest BCUT2D eigenvalue weighted by Gasteiger charge is 2.45. The average molecular weight is 573 g/mol. The zero-order valence-electron chi connectivity index (χ0n) is 26.7. The highest BCUT2D eigenvalue weighted by Crippen LogP contribution is 2.51. The van der Waals surface area contributed by atoms with Gasteiger partial charge in [-0.05, 0) is 68.8 Å². The second-order valence-corrected chi connectivity index (χ2v) is 12.9. The molecule has 0 amide bonds. The van der Waals surface area contributed by atoms with Crippen molar-refractivity contribution in [3.8, 4) is 17.2 Å². The molecule has 3 aromatic rings. The molecule has 6 nitrogen and oxygen atoms in total. The van der Waals surface area contributed by atoms with Gasteiger partial charge >= 0.3 is 0 Å². The van der Waals surface area contributed by atoms with E-state index in [4.69, 9.17) is 14.9 Å². The molecule has 1 aliphatic rings. The van der Waals surface area contributed by atoms with E-state index in [0.29, 0.717) is 34.4 Å². The molecular formula is C36H50N3O3+. The molecule has 4 rings (SSSR count). The Balaban J connectivity index is 1.84. The number of aromatic hydroxyl groups is 2. The van der Waals surface area contributed by atoms with Crippen LogP contribution in [0.5, 0.6) is 17.2 Å². The summed E-state index contributed by atoms with van der Waals surface area (Å²) < 4.78 is 5.61. The zero-order valence-corrected chi connectivity index (χ0v) is 26.7. The Hall–Kier alpha value is -3.38. The van der Waals surface area contributed by atoms with Crippen molar-refractivity contribution in [3.63, 3.8) is 0 Å². The van der Waals surface area contributed by atoms with Gasteiger partial charge in [0.15, 0.2) is 22.2 Å². The summed E-state index contributed by atoms with van der Waals surface area (Å²) in [5.41, 5.74) is 2.51. The molecule has 0 radical (unpaired) electrons. The van der Waals surface area contributed by atoms with E-state index in [1.54, 1.807) is 6.07 Å². The van der Waals surface area contributed by atoms with Crippen LogP contribution in [0, 0.1) is 0 Å². The number of phenolic OH excluding ortho intramolecular Hbond substituents is 2. The Morgan fingerprint density at radius 1 is 0.714 bits per heavy atom. The van der Waals surface area contributed by atoms with Crippen LogP contribution < -0.4 is 20.2 Å². The van der Waals surface area contributed by atoms with E-state index < -0.39 is 4.70 Å². The lowest BCUT2D eigenvalue weighted by Gasteiger charge is -2.32. The molecule has 1 heterocycles. The van der Waals surface area contributed by atoms with E-state index in [0.717, 1.165) is 36.8 Å². The van der Waals surface area contributed by atoms with Crippen LogP contribution in [-0.4, -0.2) is 16.8 Å². The largest absolute Gasteiger partial charge is 0.502 e. The lowest BCUT2D eigenvalue weighted by molar-refractivity contribution is 0.301. The maximum Gasteiger partial charge on any atom is 0.235 e. The van der Waals surface area contributed by atoms with E-state index in [-0.39, 0.29) is 22.3 Å². The van der Waals surface area contributed by atoms with Crippen molar-refractivity contribution in [3.05, 3.63) is 76.4 Å². The molecule has 0 unspecified atom stereocenters. The second-order valence-electron chi connectivity index (χ2n) is 12.9. The molecule has 3 aromatic carbocycles. The first-order valence-electron chi connectivity index (χ1n) is 15.8. The van der Waals surface area contributed by atoms with Crippen LogP contribution >= 0.6 is 0 Å². The third kappa shape index (κ3) is 6.34. The van der Waals surface area contributed by atoms with Crippen LogP contribution in [0.2, 0.25) is 0 Å². The highest BCUT2D eigenvalue weighted by molar-refractivity contribution is 5.72. The van der Waals surface area contributed by atoms with Crippen molar-refractivity contribution in [1.29, 1.82) is 0 Å². The van der Waals surface area contributed by atoms with Gasteiger partial charge in [-0.2, -0.15) is 0 Å². The van der Waals surface area contributed by atoms with Crippen molar-refractivity contribution in [2.24, 2.45) is 10.2 Å². The average Bonchev–Trinajstić information content (AvgIpc) is 3.37. The first kappa shape index (κ1) is 31.6. The second kappa shape index (κ2) is 12.9. The Morgan fingerprint density at radius 2 is 1.33 bits per heavy atom. The lowest BCUT2D eigenvalue weighted by Crippen LogP contribution is -2.33. The quantitative estimate of drug-likeness (QED) is 0.150. The van der Waals surface area contributed by atoms with Gasteiger partial charge in [-0.15, -0.1) is 0 Å². The maximum atomic E-state index is 12.0. The van der Waals surface area contributed by atoms with Gasteiger partial charge in [0.25, 0.3) is 0 Å². The number of fused-ring (bicyclic) bond motifs is 1. The normalized spacial score (nSPS) is 14.3. The monoisotopic (exact) mass is 572 g/mol. The topological polar surface area (TPSA) is 74.4 Å². The summed E-state index contributed by atoms with van der Waals surface area (Å²) in [5.74, 6) is 0.782. The van der Waals surface area contributed by atoms with Gasteiger partial charge in [0.1, 0.15) is 5.75 Å². The summed E-state index contributed by atoms with van der Waals surface area (Å²) in [6.07, 6.45) is 8.90. The van der Waals surface area contributed by atoms with E-state index in [9.17, 15) is 10.2 Å². The summed E-state index contributed by atoms with van der Waals surface area (Å²) in [4.78, 5) is 0. The van der Waals surface area contributed by atoms with Crippen molar-refractivity contribution in [1.82, 2.24) is 4.70 Å². The first-order chi connectivity index (χ1) is 20.0. The van der Waals surface area contributed by atoms with Crippen LogP contribution in [0.15, 0.2) is 64.8 Å². The van der Waals surface area contributed by atoms with E-state index in [1.165, 1.54) is 25.7 Å². The van der Waals surface area contributed by atoms with Crippen LogP contribution in [0.1, 0.15) is 111 Å². The van der Waals surface area contributed by atoms with E-state index >= 15 is 0 Å². The van der Waals surface area contributed by atoms with Crippen LogP contribution in [0.3, 0.4) is 0 Å². The van der Waals surface area contributed by atoms with Gasteiger partial charge in [-0.25, -0.2) is 0 Å². The van der Waals surface area contributed by atoms with Gasteiger partial charge < -0.3 is 14.9 Å². The highest BCUT2D eigenvalue weighted by atomic mass is 16.5. The molecule has 0 fully saturated rings. The summed E-state index contributed by atoms with van der Waals surface area (Å²) >= 11 is 0. The number of unbranched alkanes of at least 4 members (excludes halogenated alkanes) is 5. The van der Waals surface area contributed by atoms with Crippen molar-refractivity contribution in [2.45, 2.75) is 111 Å². The summed E-state index contributed by atoms with van der Waals surface area (Å²) in [7, 11) is 0. The molecule has 0 spiro atoms. The Bertz CT molecular complexity index is 1470. The van der Waals surface area contributed by atoms with Crippen molar-refractivity contribution in [2.75, 3.05) is 6.61 Å². The number of nitrogens with zero attached hydrogens (tertiary/aromatic N) is 3. The minimum atomic E-state index is -0.408.